The molecule has 3 unspecified atom stereocenters. The van der Waals surface area contributed by atoms with Crippen molar-refractivity contribution >= 4 is 17.3 Å². The Morgan fingerprint density at radius 3 is 3.00 bits per heavy atom. The topological polar surface area (TPSA) is 42.9 Å². The van der Waals surface area contributed by atoms with Gasteiger partial charge in [0, 0.05) is 62.8 Å². The Morgan fingerprint density at radius 2 is 2.23 bits per heavy atom. The van der Waals surface area contributed by atoms with E-state index in [0.717, 1.165) is 31.6 Å². The minimum absolute atomic E-state index is 0.505. The number of rotatable bonds is 5. The van der Waals surface area contributed by atoms with Gasteiger partial charge in [0.15, 0.2) is 5.96 Å². The predicted molar refractivity (Wildman–Crippen MR) is 110 cm³/mol. The summed E-state index contributed by atoms with van der Waals surface area (Å²) in [6.07, 6.45) is 3.98. The van der Waals surface area contributed by atoms with Gasteiger partial charge in [-0.05, 0) is 49.1 Å². The molecule has 3 heterocycles. The van der Waals surface area contributed by atoms with Crippen molar-refractivity contribution in [3.05, 3.63) is 21.9 Å². The molecule has 0 aromatic carbocycles. The number of aliphatic imine (C=N–C) groups is 1. The Bertz CT molecular complexity index is 638. The van der Waals surface area contributed by atoms with Gasteiger partial charge < -0.3 is 10.6 Å². The van der Waals surface area contributed by atoms with Crippen molar-refractivity contribution < 1.29 is 0 Å². The maximum absolute atomic E-state index is 4.48. The van der Waals surface area contributed by atoms with E-state index >= 15 is 0 Å². The average molecular weight is 376 g/mol. The van der Waals surface area contributed by atoms with Crippen LogP contribution in [0.5, 0.6) is 0 Å². The SMILES string of the molecule is CN=C(NCC(C)N1CCc2sccc2C1)NC1CN(C2CC2)CC1C. The maximum Gasteiger partial charge on any atom is 0.191 e. The molecular formula is C20H33N5S. The van der Waals surface area contributed by atoms with E-state index in [2.05, 4.69) is 50.7 Å². The number of fused-ring (bicyclic) bond motifs is 1. The van der Waals surface area contributed by atoms with E-state index in [9.17, 15) is 0 Å². The molecule has 0 spiro atoms. The number of nitrogens with zero attached hydrogens (tertiary/aromatic N) is 3. The molecule has 26 heavy (non-hydrogen) atoms. The van der Waals surface area contributed by atoms with Gasteiger partial charge in [-0.15, -0.1) is 11.3 Å². The zero-order valence-electron chi connectivity index (χ0n) is 16.4. The van der Waals surface area contributed by atoms with Gasteiger partial charge in [0.05, 0.1) is 0 Å². The van der Waals surface area contributed by atoms with Gasteiger partial charge >= 0.3 is 0 Å². The molecule has 2 aliphatic heterocycles. The molecule has 0 radical (unpaired) electrons. The standard InChI is InChI=1S/C20H33N5S/c1-14-11-25(17-4-5-17)13-18(14)23-20(21-3)22-10-15(2)24-8-6-19-16(12-24)7-9-26-19/h7,9,14-15,17-18H,4-6,8,10-13H2,1-3H3,(H2,21,22,23). The Hall–Kier alpha value is -1.11. The van der Waals surface area contributed by atoms with Gasteiger partial charge in [-0.25, -0.2) is 0 Å². The molecule has 5 nitrogen and oxygen atoms in total. The fraction of sp³-hybridized carbons (Fsp3) is 0.750. The van der Waals surface area contributed by atoms with Crippen LogP contribution >= 0.6 is 11.3 Å². The summed E-state index contributed by atoms with van der Waals surface area (Å²) in [7, 11) is 1.89. The van der Waals surface area contributed by atoms with Crippen molar-refractivity contribution in [2.24, 2.45) is 10.9 Å². The second-order valence-corrected chi connectivity index (χ2v) is 9.31. The van der Waals surface area contributed by atoms with Crippen LogP contribution < -0.4 is 10.6 Å². The Balaban J connectivity index is 1.25. The van der Waals surface area contributed by atoms with Crippen molar-refractivity contribution in [3.63, 3.8) is 0 Å². The minimum Gasteiger partial charge on any atom is -0.355 e. The molecule has 1 saturated carbocycles. The molecular weight excluding hydrogens is 342 g/mol. The average Bonchev–Trinajstić information content (AvgIpc) is 3.28. The van der Waals surface area contributed by atoms with E-state index in [1.807, 2.05) is 18.4 Å². The van der Waals surface area contributed by atoms with Crippen molar-refractivity contribution in [3.8, 4) is 0 Å². The third-order valence-electron chi connectivity index (χ3n) is 6.28. The molecule has 2 N–H and O–H groups in total. The van der Waals surface area contributed by atoms with Gasteiger partial charge in [0.25, 0.3) is 0 Å². The van der Waals surface area contributed by atoms with Crippen LogP contribution in [0.1, 0.15) is 37.1 Å². The summed E-state index contributed by atoms with van der Waals surface area (Å²) in [5.74, 6) is 1.64. The van der Waals surface area contributed by atoms with Crippen molar-refractivity contribution in [1.29, 1.82) is 0 Å². The Morgan fingerprint density at radius 1 is 1.38 bits per heavy atom. The first-order valence-electron chi connectivity index (χ1n) is 10.1. The van der Waals surface area contributed by atoms with Crippen LogP contribution in [0.2, 0.25) is 0 Å². The highest BCUT2D eigenvalue weighted by molar-refractivity contribution is 7.10. The lowest BCUT2D eigenvalue weighted by atomic mass is 10.1. The normalized spacial score (nSPS) is 28.8. The molecule has 1 aromatic heterocycles. The minimum atomic E-state index is 0.505. The van der Waals surface area contributed by atoms with Crippen LogP contribution in [0.4, 0.5) is 0 Å². The van der Waals surface area contributed by atoms with Crippen LogP contribution in [0, 0.1) is 5.92 Å². The highest BCUT2D eigenvalue weighted by atomic mass is 32.1. The van der Waals surface area contributed by atoms with Crippen molar-refractivity contribution in [2.75, 3.05) is 33.2 Å². The number of likely N-dealkylation sites (tertiary alicyclic amines) is 1. The van der Waals surface area contributed by atoms with Crippen LogP contribution in [0.15, 0.2) is 16.4 Å². The maximum atomic E-state index is 4.48. The molecule has 1 aliphatic carbocycles. The predicted octanol–water partition coefficient (Wildman–Crippen LogP) is 2.14. The van der Waals surface area contributed by atoms with Gasteiger partial charge in [-0.3, -0.25) is 14.8 Å². The number of hydrogen-bond donors (Lipinski definition) is 2. The zero-order chi connectivity index (χ0) is 18.1. The van der Waals surface area contributed by atoms with E-state index < -0.39 is 0 Å². The molecule has 1 aromatic rings. The van der Waals surface area contributed by atoms with E-state index in [1.54, 1.807) is 4.88 Å². The summed E-state index contributed by atoms with van der Waals surface area (Å²) in [6.45, 7) is 10.3. The third-order valence-corrected chi connectivity index (χ3v) is 7.30. The lowest BCUT2D eigenvalue weighted by Gasteiger charge is -2.33. The smallest absolute Gasteiger partial charge is 0.191 e. The number of guanidine groups is 1. The van der Waals surface area contributed by atoms with Gasteiger partial charge in [0.2, 0.25) is 0 Å². The van der Waals surface area contributed by atoms with Crippen molar-refractivity contribution in [1.82, 2.24) is 20.4 Å². The third kappa shape index (κ3) is 4.07. The molecule has 3 aliphatic rings. The molecule has 0 amide bonds. The summed E-state index contributed by atoms with van der Waals surface area (Å²) in [5.41, 5.74) is 1.52. The summed E-state index contributed by atoms with van der Waals surface area (Å²) >= 11 is 1.91. The number of nitrogens with one attached hydrogen (secondary N) is 2. The first kappa shape index (κ1) is 18.3. The van der Waals surface area contributed by atoms with Gasteiger partial charge in [-0.1, -0.05) is 6.92 Å². The van der Waals surface area contributed by atoms with Crippen molar-refractivity contribution in [2.45, 2.75) is 57.8 Å². The first-order chi connectivity index (χ1) is 12.6. The van der Waals surface area contributed by atoms with Gasteiger partial charge in [-0.2, -0.15) is 0 Å². The second kappa shape index (κ2) is 7.87. The zero-order valence-corrected chi connectivity index (χ0v) is 17.2. The summed E-state index contributed by atoms with van der Waals surface area (Å²) in [4.78, 5) is 11.3. The monoisotopic (exact) mass is 375 g/mol. The Kier molecular flexibility index (Phi) is 5.53. The molecule has 144 valence electrons. The van der Waals surface area contributed by atoms with Gasteiger partial charge in [0.1, 0.15) is 0 Å². The molecule has 3 atom stereocenters. The molecule has 2 fully saturated rings. The molecule has 0 bridgehead atoms. The molecule has 4 rings (SSSR count). The number of thiophene rings is 1. The molecule has 1 saturated heterocycles. The highest BCUT2D eigenvalue weighted by Gasteiger charge is 2.38. The summed E-state index contributed by atoms with van der Waals surface area (Å²) in [6, 6.07) is 4.17. The van der Waals surface area contributed by atoms with E-state index in [1.165, 1.54) is 37.9 Å². The first-order valence-corrected chi connectivity index (χ1v) is 11.0. The van der Waals surface area contributed by atoms with E-state index in [-0.39, 0.29) is 0 Å². The number of hydrogen-bond acceptors (Lipinski definition) is 4. The second-order valence-electron chi connectivity index (χ2n) is 8.30. The van der Waals surface area contributed by atoms with Crippen LogP contribution in [-0.2, 0) is 13.0 Å². The van der Waals surface area contributed by atoms with E-state index in [0.29, 0.717) is 18.0 Å². The largest absolute Gasteiger partial charge is 0.355 e. The van der Waals surface area contributed by atoms with E-state index in [4.69, 9.17) is 0 Å². The Labute approximate surface area is 161 Å². The highest BCUT2D eigenvalue weighted by Crippen LogP contribution is 2.31. The fourth-order valence-electron chi connectivity index (χ4n) is 4.32. The van der Waals surface area contributed by atoms with Crippen LogP contribution in [0.25, 0.3) is 0 Å². The quantitative estimate of drug-likeness (QED) is 0.611. The lowest BCUT2D eigenvalue weighted by molar-refractivity contribution is 0.192. The summed E-state index contributed by atoms with van der Waals surface area (Å²) in [5, 5.41) is 9.48. The van der Waals surface area contributed by atoms with Crippen LogP contribution in [0.3, 0.4) is 0 Å². The summed E-state index contributed by atoms with van der Waals surface area (Å²) < 4.78 is 0. The van der Waals surface area contributed by atoms with Crippen LogP contribution in [-0.4, -0.2) is 67.1 Å². The lowest BCUT2D eigenvalue weighted by Crippen LogP contribution is -2.50. The fourth-order valence-corrected chi connectivity index (χ4v) is 5.21. The molecule has 6 heteroatoms.